The predicted octanol–water partition coefficient (Wildman–Crippen LogP) is 5.45. The zero-order valence-corrected chi connectivity index (χ0v) is 23.6. The molecule has 2 atom stereocenters. The van der Waals surface area contributed by atoms with E-state index in [1.807, 2.05) is 41.3 Å². The number of aryl methyl sites for hydroxylation is 1. The first-order valence-electron chi connectivity index (χ1n) is 12.8. The normalized spacial score (nSPS) is 20.9. The molecule has 2 aliphatic rings. The second kappa shape index (κ2) is 11.3. The number of amides is 1. The van der Waals surface area contributed by atoms with E-state index in [4.69, 9.17) is 23.2 Å². The van der Waals surface area contributed by atoms with E-state index < -0.39 is 15.9 Å². The standard InChI is InChI=1S/C29H31Cl2N3O3S/c1-21-5-2-3-8-26(21)27-13-14-34(38(36,37)25-7-4-6-23(31)19-25)20-28(27)29(35)33-17-15-32(16-18-33)24-11-9-22(30)10-12-24/h2-12,19,27-28H,13-18,20H2,1H3/t27-,28+/m0/s1. The lowest BCUT2D eigenvalue weighted by atomic mass is 9.78. The van der Waals surface area contributed by atoms with Gasteiger partial charge in [-0.1, -0.05) is 53.5 Å². The highest BCUT2D eigenvalue weighted by Gasteiger charge is 2.42. The Hall–Kier alpha value is -2.58. The third-order valence-corrected chi connectivity index (χ3v) is 10.0. The van der Waals surface area contributed by atoms with Crippen LogP contribution in [-0.2, 0) is 14.8 Å². The first kappa shape index (κ1) is 27.0. The quantitative estimate of drug-likeness (QED) is 0.409. The fraction of sp³-hybridized carbons (Fsp3) is 0.345. The minimum atomic E-state index is -3.79. The molecule has 6 nitrogen and oxygen atoms in total. The van der Waals surface area contributed by atoms with E-state index in [1.54, 1.807) is 18.2 Å². The molecule has 9 heteroatoms. The van der Waals surface area contributed by atoms with E-state index >= 15 is 0 Å². The summed E-state index contributed by atoms with van der Waals surface area (Å²) in [5, 5.41) is 1.06. The molecule has 200 valence electrons. The van der Waals surface area contributed by atoms with Crippen LogP contribution in [0.2, 0.25) is 10.0 Å². The fourth-order valence-electron chi connectivity index (χ4n) is 5.61. The van der Waals surface area contributed by atoms with Gasteiger partial charge in [-0.15, -0.1) is 0 Å². The summed E-state index contributed by atoms with van der Waals surface area (Å²) in [5.41, 5.74) is 3.32. The monoisotopic (exact) mass is 571 g/mol. The van der Waals surface area contributed by atoms with Crippen molar-refractivity contribution in [1.82, 2.24) is 9.21 Å². The number of sulfonamides is 1. The van der Waals surface area contributed by atoms with Gasteiger partial charge < -0.3 is 9.80 Å². The molecule has 5 rings (SSSR count). The van der Waals surface area contributed by atoms with Crippen LogP contribution in [0, 0.1) is 12.8 Å². The molecule has 0 N–H and O–H groups in total. The molecular formula is C29H31Cl2N3O3S. The van der Waals surface area contributed by atoms with Crippen molar-refractivity contribution >= 4 is 44.8 Å². The summed E-state index contributed by atoms with van der Waals surface area (Å²) < 4.78 is 28.5. The second-order valence-electron chi connectivity index (χ2n) is 9.97. The Morgan fingerprint density at radius 1 is 0.842 bits per heavy atom. The maximum Gasteiger partial charge on any atom is 0.243 e. The average Bonchev–Trinajstić information content (AvgIpc) is 2.93. The Morgan fingerprint density at radius 2 is 1.55 bits per heavy atom. The van der Waals surface area contributed by atoms with E-state index in [0.29, 0.717) is 49.2 Å². The van der Waals surface area contributed by atoms with Crippen molar-refractivity contribution in [2.45, 2.75) is 24.2 Å². The zero-order chi connectivity index (χ0) is 26.9. The van der Waals surface area contributed by atoms with Crippen LogP contribution in [0.1, 0.15) is 23.5 Å². The van der Waals surface area contributed by atoms with Gasteiger partial charge in [0.1, 0.15) is 0 Å². The summed E-state index contributed by atoms with van der Waals surface area (Å²) in [4.78, 5) is 18.3. The molecule has 2 fully saturated rings. The lowest BCUT2D eigenvalue weighted by Gasteiger charge is -2.42. The van der Waals surface area contributed by atoms with Crippen molar-refractivity contribution in [3.8, 4) is 0 Å². The summed E-state index contributed by atoms with van der Waals surface area (Å²) in [6, 6.07) is 22.2. The Balaban J connectivity index is 1.38. The molecule has 3 aromatic carbocycles. The van der Waals surface area contributed by atoms with Gasteiger partial charge in [0.25, 0.3) is 0 Å². The maximum absolute atomic E-state index is 14.0. The van der Waals surface area contributed by atoms with Crippen LogP contribution >= 0.6 is 23.2 Å². The smallest absolute Gasteiger partial charge is 0.243 e. The van der Waals surface area contributed by atoms with Gasteiger partial charge in [-0.05, 0) is 72.9 Å². The summed E-state index contributed by atoms with van der Waals surface area (Å²) in [6.07, 6.45) is 0.575. The first-order valence-corrected chi connectivity index (χ1v) is 15.0. The van der Waals surface area contributed by atoms with Crippen LogP contribution in [0.25, 0.3) is 0 Å². The van der Waals surface area contributed by atoms with Gasteiger partial charge in [0.15, 0.2) is 0 Å². The van der Waals surface area contributed by atoms with Gasteiger partial charge in [0.05, 0.1) is 10.8 Å². The summed E-state index contributed by atoms with van der Waals surface area (Å²) in [6.45, 7) is 5.13. The third-order valence-electron chi connectivity index (χ3n) is 7.70. The Labute approximate surface area is 234 Å². The average molecular weight is 573 g/mol. The van der Waals surface area contributed by atoms with E-state index in [1.165, 1.54) is 10.4 Å². The van der Waals surface area contributed by atoms with Gasteiger partial charge in [-0.2, -0.15) is 4.31 Å². The van der Waals surface area contributed by atoms with Gasteiger partial charge in [0, 0.05) is 55.0 Å². The summed E-state index contributed by atoms with van der Waals surface area (Å²) >= 11 is 12.1. The minimum Gasteiger partial charge on any atom is -0.368 e. The van der Waals surface area contributed by atoms with Crippen LogP contribution in [0.5, 0.6) is 0 Å². The van der Waals surface area contributed by atoms with E-state index in [0.717, 1.165) is 16.8 Å². The number of carbonyl (C=O) groups excluding carboxylic acids is 1. The number of carbonyl (C=O) groups is 1. The van der Waals surface area contributed by atoms with Gasteiger partial charge in [0.2, 0.25) is 15.9 Å². The number of rotatable bonds is 5. The SMILES string of the molecule is Cc1ccccc1[C@@H]1CCN(S(=O)(=O)c2cccc(Cl)c2)C[C@H]1C(=O)N1CCN(c2ccc(Cl)cc2)CC1. The fourth-order valence-corrected chi connectivity index (χ4v) is 7.52. The molecule has 2 aliphatic heterocycles. The van der Waals surface area contributed by atoms with E-state index in [2.05, 4.69) is 24.0 Å². The van der Waals surface area contributed by atoms with Gasteiger partial charge >= 0.3 is 0 Å². The summed E-state index contributed by atoms with van der Waals surface area (Å²) in [7, 11) is -3.79. The number of nitrogens with zero attached hydrogens (tertiary/aromatic N) is 3. The largest absolute Gasteiger partial charge is 0.368 e. The van der Waals surface area contributed by atoms with E-state index in [-0.39, 0.29) is 23.3 Å². The topological polar surface area (TPSA) is 60.9 Å². The number of piperazine rings is 1. The molecule has 0 saturated carbocycles. The van der Waals surface area contributed by atoms with Crippen molar-refractivity contribution in [3.63, 3.8) is 0 Å². The first-order chi connectivity index (χ1) is 18.2. The van der Waals surface area contributed by atoms with Gasteiger partial charge in [-0.25, -0.2) is 8.42 Å². The molecule has 3 aromatic rings. The molecule has 0 aromatic heterocycles. The summed E-state index contributed by atoms with van der Waals surface area (Å²) in [5.74, 6) is -0.510. The number of anilines is 1. The Morgan fingerprint density at radius 3 is 2.24 bits per heavy atom. The molecule has 0 bridgehead atoms. The highest BCUT2D eigenvalue weighted by Crippen LogP contribution is 2.38. The van der Waals surface area contributed by atoms with Crippen LogP contribution in [-0.4, -0.2) is 62.8 Å². The van der Waals surface area contributed by atoms with Crippen LogP contribution < -0.4 is 4.90 Å². The number of benzene rings is 3. The molecule has 0 unspecified atom stereocenters. The van der Waals surface area contributed by atoms with Crippen LogP contribution in [0.4, 0.5) is 5.69 Å². The molecule has 2 heterocycles. The lowest BCUT2D eigenvalue weighted by Crippen LogP contribution is -2.54. The second-order valence-corrected chi connectivity index (χ2v) is 12.8. The molecule has 0 radical (unpaired) electrons. The van der Waals surface area contributed by atoms with Crippen molar-refractivity contribution in [1.29, 1.82) is 0 Å². The van der Waals surface area contributed by atoms with Crippen LogP contribution in [0.15, 0.2) is 77.7 Å². The van der Waals surface area contributed by atoms with Crippen molar-refractivity contribution in [3.05, 3.63) is 94.0 Å². The van der Waals surface area contributed by atoms with Crippen molar-refractivity contribution in [2.75, 3.05) is 44.2 Å². The number of hydrogen-bond donors (Lipinski definition) is 0. The van der Waals surface area contributed by atoms with Crippen LogP contribution in [0.3, 0.4) is 0 Å². The van der Waals surface area contributed by atoms with E-state index in [9.17, 15) is 13.2 Å². The highest BCUT2D eigenvalue weighted by atomic mass is 35.5. The molecule has 0 spiro atoms. The highest BCUT2D eigenvalue weighted by molar-refractivity contribution is 7.89. The molecular weight excluding hydrogens is 541 g/mol. The molecule has 38 heavy (non-hydrogen) atoms. The number of halogens is 2. The number of piperidine rings is 1. The van der Waals surface area contributed by atoms with Crippen molar-refractivity contribution in [2.24, 2.45) is 5.92 Å². The molecule has 2 saturated heterocycles. The predicted molar refractivity (Wildman–Crippen MR) is 152 cm³/mol. The van der Waals surface area contributed by atoms with Crippen molar-refractivity contribution < 1.29 is 13.2 Å². The minimum absolute atomic E-state index is 0.0139. The maximum atomic E-state index is 14.0. The lowest BCUT2D eigenvalue weighted by molar-refractivity contribution is -0.137. The van der Waals surface area contributed by atoms with Gasteiger partial charge in [-0.3, -0.25) is 4.79 Å². The molecule has 0 aliphatic carbocycles. The Kier molecular flexibility index (Phi) is 8.00. The Bertz CT molecular complexity index is 1410. The molecule has 1 amide bonds. The zero-order valence-electron chi connectivity index (χ0n) is 21.3. The number of hydrogen-bond acceptors (Lipinski definition) is 4. The third kappa shape index (κ3) is 5.57.